The van der Waals surface area contributed by atoms with Gasteiger partial charge in [0.1, 0.15) is 0 Å². The molecule has 4 nitrogen and oxygen atoms in total. The Kier molecular flexibility index (Phi) is 2.94. The summed E-state index contributed by atoms with van der Waals surface area (Å²) in [4.78, 5) is 7.56. The van der Waals surface area contributed by atoms with E-state index in [4.69, 9.17) is 0 Å². The van der Waals surface area contributed by atoms with Crippen molar-refractivity contribution in [3.05, 3.63) is 24.3 Å². The number of benzene rings is 1. The summed E-state index contributed by atoms with van der Waals surface area (Å²) in [6.07, 6.45) is 2.10. The van der Waals surface area contributed by atoms with Gasteiger partial charge in [-0.3, -0.25) is 4.21 Å². The third-order valence-corrected chi connectivity index (χ3v) is 4.69. The SMILES string of the molecule is O=[S@@](c1nc2ccccc2[nH]1)[C@H]1CCCNC1. The van der Waals surface area contributed by atoms with Crippen LogP contribution in [0.25, 0.3) is 11.0 Å². The molecule has 2 aromatic rings. The van der Waals surface area contributed by atoms with E-state index in [1.165, 1.54) is 0 Å². The Bertz CT molecular complexity index is 512. The van der Waals surface area contributed by atoms with Gasteiger partial charge in [0.15, 0.2) is 5.16 Å². The van der Waals surface area contributed by atoms with Gasteiger partial charge in [-0.05, 0) is 31.5 Å². The predicted molar refractivity (Wildman–Crippen MR) is 68.4 cm³/mol. The van der Waals surface area contributed by atoms with Gasteiger partial charge in [-0.25, -0.2) is 4.98 Å². The molecule has 1 aromatic carbocycles. The summed E-state index contributed by atoms with van der Waals surface area (Å²) in [5.74, 6) is 0. The normalized spacial score (nSPS) is 22.7. The highest BCUT2D eigenvalue weighted by Crippen LogP contribution is 2.18. The number of imidazole rings is 1. The van der Waals surface area contributed by atoms with E-state index >= 15 is 0 Å². The van der Waals surface area contributed by atoms with Gasteiger partial charge in [0.25, 0.3) is 0 Å². The van der Waals surface area contributed by atoms with E-state index in [2.05, 4.69) is 15.3 Å². The average molecular weight is 249 g/mol. The first-order valence-electron chi connectivity index (χ1n) is 5.90. The summed E-state index contributed by atoms with van der Waals surface area (Å²) in [7, 11) is -1.03. The van der Waals surface area contributed by atoms with Crippen molar-refractivity contribution in [1.29, 1.82) is 0 Å². The van der Waals surface area contributed by atoms with Crippen LogP contribution in [0, 0.1) is 0 Å². The van der Waals surface area contributed by atoms with Gasteiger partial charge in [-0.15, -0.1) is 0 Å². The molecule has 3 rings (SSSR count). The van der Waals surface area contributed by atoms with Crippen molar-refractivity contribution in [3.63, 3.8) is 0 Å². The minimum atomic E-state index is -1.03. The first kappa shape index (κ1) is 10.9. The number of nitrogens with one attached hydrogen (secondary N) is 2. The predicted octanol–water partition coefficient (Wildman–Crippen LogP) is 1.42. The lowest BCUT2D eigenvalue weighted by Crippen LogP contribution is -2.36. The number of fused-ring (bicyclic) bond motifs is 1. The molecule has 2 atom stereocenters. The van der Waals surface area contributed by atoms with Crippen LogP contribution >= 0.6 is 0 Å². The van der Waals surface area contributed by atoms with Gasteiger partial charge < -0.3 is 10.3 Å². The highest BCUT2D eigenvalue weighted by atomic mass is 32.2. The van der Waals surface area contributed by atoms with Crippen LogP contribution in [0.15, 0.2) is 29.4 Å². The second kappa shape index (κ2) is 4.58. The molecule has 0 saturated carbocycles. The number of H-pyrrole nitrogens is 1. The minimum absolute atomic E-state index is 0.185. The molecule has 2 N–H and O–H groups in total. The molecule has 0 amide bonds. The summed E-state index contributed by atoms with van der Waals surface area (Å²) in [5, 5.41) is 4.08. The summed E-state index contributed by atoms with van der Waals surface area (Å²) in [5.41, 5.74) is 1.85. The average Bonchev–Trinajstić information content (AvgIpc) is 2.82. The van der Waals surface area contributed by atoms with Gasteiger partial charge in [-0.2, -0.15) is 0 Å². The lowest BCUT2D eigenvalue weighted by atomic mass is 10.2. The van der Waals surface area contributed by atoms with Crippen LogP contribution in [-0.4, -0.2) is 32.5 Å². The monoisotopic (exact) mass is 249 g/mol. The van der Waals surface area contributed by atoms with Crippen LogP contribution in [0.2, 0.25) is 0 Å². The van der Waals surface area contributed by atoms with Crippen LogP contribution < -0.4 is 5.32 Å². The molecule has 1 aliphatic rings. The molecule has 0 unspecified atom stereocenters. The van der Waals surface area contributed by atoms with Crippen LogP contribution in [-0.2, 0) is 10.8 Å². The first-order chi connectivity index (χ1) is 8.34. The van der Waals surface area contributed by atoms with Crippen molar-refractivity contribution >= 4 is 21.8 Å². The van der Waals surface area contributed by atoms with Gasteiger partial charge in [-0.1, -0.05) is 12.1 Å². The lowest BCUT2D eigenvalue weighted by molar-refractivity contribution is 0.518. The van der Waals surface area contributed by atoms with Crippen LogP contribution in [0.5, 0.6) is 0 Å². The Morgan fingerprint density at radius 2 is 2.24 bits per heavy atom. The molecule has 1 aromatic heterocycles. The Labute approximate surface area is 102 Å². The molecule has 1 aliphatic heterocycles. The zero-order valence-electron chi connectivity index (χ0n) is 9.48. The Balaban J connectivity index is 1.89. The van der Waals surface area contributed by atoms with Crippen molar-refractivity contribution < 1.29 is 4.21 Å². The molecule has 1 fully saturated rings. The molecule has 1 saturated heterocycles. The minimum Gasteiger partial charge on any atom is -0.331 e. The topological polar surface area (TPSA) is 57.8 Å². The van der Waals surface area contributed by atoms with Crippen LogP contribution in [0.3, 0.4) is 0 Å². The molecular weight excluding hydrogens is 234 g/mol. The van der Waals surface area contributed by atoms with Crippen molar-refractivity contribution in [2.45, 2.75) is 23.2 Å². The molecule has 17 heavy (non-hydrogen) atoms. The standard InChI is InChI=1S/C12H15N3OS/c16-17(9-4-3-7-13-8-9)12-14-10-5-1-2-6-11(10)15-12/h1-2,5-6,9,13H,3-4,7-8H2,(H,14,15)/t9-,17+/m0/s1. The van der Waals surface area contributed by atoms with E-state index in [1.807, 2.05) is 24.3 Å². The van der Waals surface area contributed by atoms with Crippen LogP contribution in [0.4, 0.5) is 0 Å². The number of hydrogen-bond acceptors (Lipinski definition) is 3. The molecule has 2 heterocycles. The number of aromatic nitrogens is 2. The van der Waals surface area contributed by atoms with E-state index in [0.717, 1.165) is 37.0 Å². The van der Waals surface area contributed by atoms with E-state index in [-0.39, 0.29) is 5.25 Å². The van der Waals surface area contributed by atoms with Crippen molar-refractivity contribution in [2.75, 3.05) is 13.1 Å². The van der Waals surface area contributed by atoms with E-state index in [9.17, 15) is 4.21 Å². The zero-order chi connectivity index (χ0) is 11.7. The maximum absolute atomic E-state index is 12.3. The van der Waals surface area contributed by atoms with Crippen molar-refractivity contribution in [2.24, 2.45) is 0 Å². The van der Waals surface area contributed by atoms with E-state index in [1.54, 1.807) is 0 Å². The molecular formula is C12H15N3OS. The number of para-hydroxylation sites is 2. The second-order valence-electron chi connectivity index (χ2n) is 4.32. The number of aromatic amines is 1. The van der Waals surface area contributed by atoms with Crippen LogP contribution in [0.1, 0.15) is 12.8 Å². The first-order valence-corrected chi connectivity index (χ1v) is 7.12. The van der Waals surface area contributed by atoms with Gasteiger partial charge in [0, 0.05) is 6.54 Å². The number of rotatable bonds is 2. The third-order valence-electron chi connectivity index (χ3n) is 3.11. The maximum atomic E-state index is 12.3. The Morgan fingerprint density at radius 3 is 3.00 bits per heavy atom. The summed E-state index contributed by atoms with van der Waals surface area (Å²) in [6, 6.07) is 7.79. The molecule has 0 aliphatic carbocycles. The lowest BCUT2D eigenvalue weighted by Gasteiger charge is -2.20. The van der Waals surface area contributed by atoms with Crippen molar-refractivity contribution in [3.8, 4) is 0 Å². The third kappa shape index (κ3) is 2.12. The number of hydrogen-bond donors (Lipinski definition) is 2. The number of piperidine rings is 1. The zero-order valence-corrected chi connectivity index (χ0v) is 10.3. The summed E-state index contributed by atoms with van der Waals surface area (Å²) in [6.45, 7) is 1.86. The molecule has 0 spiro atoms. The van der Waals surface area contributed by atoms with Gasteiger partial charge in [0.2, 0.25) is 0 Å². The fourth-order valence-electron chi connectivity index (χ4n) is 2.19. The molecule has 90 valence electrons. The van der Waals surface area contributed by atoms with E-state index < -0.39 is 10.8 Å². The summed E-state index contributed by atoms with van der Waals surface area (Å²) >= 11 is 0. The van der Waals surface area contributed by atoms with Crippen molar-refractivity contribution in [1.82, 2.24) is 15.3 Å². The molecule has 0 bridgehead atoms. The van der Waals surface area contributed by atoms with Gasteiger partial charge in [0.05, 0.1) is 27.1 Å². The maximum Gasteiger partial charge on any atom is 0.197 e. The highest BCUT2D eigenvalue weighted by Gasteiger charge is 2.23. The number of nitrogens with zero attached hydrogens (tertiary/aromatic N) is 1. The van der Waals surface area contributed by atoms with E-state index in [0.29, 0.717) is 5.16 Å². The Hall–Kier alpha value is -1.20. The fraction of sp³-hybridized carbons (Fsp3) is 0.417. The second-order valence-corrected chi connectivity index (χ2v) is 5.97. The largest absolute Gasteiger partial charge is 0.331 e. The van der Waals surface area contributed by atoms with Gasteiger partial charge >= 0.3 is 0 Å². The molecule has 5 heteroatoms. The summed E-state index contributed by atoms with van der Waals surface area (Å²) < 4.78 is 12.3. The molecule has 0 radical (unpaired) electrons. The quantitative estimate of drug-likeness (QED) is 0.846. The smallest absolute Gasteiger partial charge is 0.197 e. The fourth-order valence-corrected chi connectivity index (χ4v) is 3.55. The highest BCUT2D eigenvalue weighted by molar-refractivity contribution is 7.85. The Morgan fingerprint density at radius 1 is 1.35 bits per heavy atom.